The zero-order chi connectivity index (χ0) is 20.4. The number of carbonyl (C=O) groups is 1. The van der Waals surface area contributed by atoms with Crippen molar-refractivity contribution in [1.29, 1.82) is 5.26 Å². The third-order valence-electron chi connectivity index (χ3n) is 5.98. The molecule has 1 saturated heterocycles. The fourth-order valence-corrected chi connectivity index (χ4v) is 4.31. The highest BCUT2D eigenvalue weighted by atomic mass is 16.5. The van der Waals surface area contributed by atoms with Crippen molar-refractivity contribution in [2.45, 2.75) is 31.7 Å². The van der Waals surface area contributed by atoms with Gasteiger partial charge in [-0.25, -0.2) is 0 Å². The van der Waals surface area contributed by atoms with Gasteiger partial charge >= 0.3 is 0 Å². The molecule has 148 valence electrons. The lowest BCUT2D eigenvalue weighted by Gasteiger charge is -2.25. The zero-order valence-electron chi connectivity index (χ0n) is 16.9. The minimum atomic E-state index is 0.103. The van der Waals surface area contributed by atoms with Crippen molar-refractivity contribution in [3.8, 4) is 11.8 Å². The normalized spacial score (nSPS) is 16.2. The fourth-order valence-electron chi connectivity index (χ4n) is 4.31. The van der Waals surface area contributed by atoms with Crippen LogP contribution in [0, 0.1) is 11.3 Å². The number of nitriles is 1. The molecule has 1 fully saturated rings. The average molecular weight is 387 g/mol. The van der Waals surface area contributed by atoms with Gasteiger partial charge in [0.25, 0.3) is 5.91 Å². The third kappa shape index (κ3) is 3.71. The number of benzene rings is 2. The van der Waals surface area contributed by atoms with Crippen molar-refractivity contribution in [2.24, 2.45) is 7.05 Å². The van der Waals surface area contributed by atoms with Gasteiger partial charge in [-0.2, -0.15) is 5.26 Å². The molecule has 1 atom stereocenters. The number of amides is 1. The number of carbonyl (C=O) groups excluding carboxylic acids is 1. The summed E-state index contributed by atoms with van der Waals surface area (Å²) in [4.78, 5) is 15.0. The van der Waals surface area contributed by atoms with Crippen LogP contribution in [0.25, 0.3) is 10.9 Å². The van der Waals surface area contributed by atoms with Gasteiger partial charge in [-0.15, -0.1) is 0 Å². The zero-order valence-corrected chi connectivity index (χ0v) is 16.9. The van der Waals surface area contributed by atoms with Gasteiger partial charge in [-0.05, 0) is 73.5 Å². The second-order valence-corrected chi connectivity index (χ2v) is 7.64. The van der Waals surface area contributed by atoms with E-state index in [1.165, 1.54) is 5.69 Å². The van der Waals surface area contributed by atoms with Crippen molar-refractivity contribution in [3.05, 3.63) is 65.4 Å². The number of ether oxygens (including phenoxy) is 1. The van der Waals surface area contributed by atoms with E-state index in [9.17, 15) is 4.79 Å². The van der Waals surface area contributed by atoms with Gasteiger partial charge in [0.05, 0.1) is 18.7 Å². The number of aryl methyl sites for hydroxylation is 2. The molecule has 2 heterocycles. The Kier molecular flexibility index (Phi) is 5.26. The van der Waals surface area contributed by atoms with Crippen molar-refractivity contribution in [1.82, 2.24) is 9.47 Å². The number of nitrogens with zero attached hydrogens (tertiary/aromatic N) is 3. The number of hydrogen-bond acceptors (Lipinski definition) is 3. The third-order valence-corrected chi connectivity index (χ3v) is 5.98. The van der Waals surface area contributed by atoms with Gasteiger partial charge in [-0.1, -0.05) is 6.07 Å². The molecule has 5 heteroatoms. The Morgan fingerprint density at radius 3 is 2.72 bits per heavy atom. The van der Waals surface area contributed by atoms with Crippen LogP contribution in [0.15, 0.2) is 48.5 Å². The van der Waals surface area contributed by atoms with Crippen LogP contribution in [-0.4, -0.2) is 35.1 Å². The maximum absolute atomic E-state index is 13.0. The number of hydrogen-bond donors (Lipinski definition) is 0. The monoisotopic (exact) mass is 387 g/mol. The Balaban J connectivity index is 1.47. The standard InChI is InChI=1S/C24H25N3O2/c1-26-21(15-19-6-5-17(16-25)14-23(19)26)10-9-20-4-3-13-27(20)24(28)18-7-11-22(29-2)12-8-18/h5-8,11-12,14-15,20H,3-4,9-10,13H2,1-2H3/t20-/m0/s1. The molecule has 0 unspecified atom stereocenters. The van der Waals surface area contributed by atoms with Gasteiger partial charge in [0.15, 0.2) is 0 Å². The van der Waals surface area contributed by atoms with Crippen LogP contribution < -0.4 is 4.74 Å². The number of rotatable bonds is 5. The van der Waals surface area contributed by atoms with E-state index >= 15 is 0 Å². The van der Waals surface area contributed by atoms with E-state index in [4.69, 9.17) is 10.00 Å². The molecule has 29 heavy (non-hydrogen) atoms. The van der Waals surface area contributed by atoms with Crippen molar-refractivity contribution >= 4 is 16.8 Å². The van der Waals surface area contributed by atoms with Crippen LogP contribution in [0.4, 0.5) is 0 Å². The van der Waals surface area contributed by atoms with Gasteiger partial charge < -0.3 is 14.2 Å². The highest BCUT2D eigenvalue weighted by Gasteiger charge is 2.29. The lowest BCUT2D eigenvalue weighted by molar-refractivity contribution is 0.0730. The van der Waals surface area contributed by atoms with Crippen LogP contribution in [0.3, 0.4) is 0 Å². The molecule has 0 bridgehead atoms. The second-order valence-electron chi connectivity index (χ2n) is 7.64. The molecule has 0 aliphatic carbocycles. The molecule has 5 nitrogen and oxygen atoms in total. The molecule has 0 N–H and O–H groups in total. The molecule has 0 radical (unpaired) electrons. The molecule has 1 aliphatic heterocycles. The van der Waals surface area contributed by atoms with Crippen LogP contribution >= 0.6 is 0 Å². The first-order valence-electron chi connectivity index (χ1n) is 10.0. The molecule has 3 aromatic rings. The number of aromatic nitrogens is 1. The Morgan fingerprint density at radius 1 is 1.21 bits per heavy atom. The predicted molar refractivity (Wildman–Crippen MR) is 113 cm³/mol. The number of fused-ring (bicyclic) bond motifs is 1. The predicted octanol–water partition coefficient (Wildman–Crippen LogP) is 4.30. The van der Waals surface area contributed by atoms with E-state index in [1.807, 2.05) is 54.4 Å². The molecule has 0 saturated carbocycles. The van der Waals surface area contributed by atoms with Crippen LogP contribution in [0.5, 0.6) is 5.75 Å². The van der Waals surface area contributed by atoms with E-state index in [1.54, 1.807) is 7.11 Å². The van der Waals surface area contributed by atoms with Crippen molar-refractivity contribution < 1.29 is 9.53 Å². The number of methoxy groups -OCH3 is 1. The second kappa shape index (κ2) is 8.00. The summed E-state index contributed by atoms with van der Waals surface area (Å²) >= 11 is 0. The average Bonchev–Trinajstić information content (AvgIpc) is 3.36. The van der Waals surface area contributed by atoms with E-state index in [2.05, 4.69) is 16.7 Å². The quantitative estimate of drug-likeness (QED) is 0.656. The smallest absolute Gasteiger partial charge is 0.254 e. The summed E-state index contributed by atoms with van der Waals surface area (Å²) in [5, 5.41) is 10.3. The summed E-state index contributed by atoms with van der Waals surface area (Å²) in [5.74, 6) is 0.862. The van der Waals surface area contributed by atoms with E-state index in [-0.39, 0.29) is 11.9 Å². The van der Waals surface area contributed by atoms with Gasteiger partial charge in [0.1, 0.15) is 5.75 Å². The highest BCUT2D eigenvalue weighted by Crippen LogP contribution is 2.27. The summed E-state index contributed by atoms with van der Waals surface area (Å²) in [6, 6.07) is 17.8. The molecule has 1 amide bonds. The maximum Gasteiger partial charge on any atom is 0.254 e. The van der Waals surface area contributed by atoms with E-state index in [0.29, 0.717) is 11.1 Å². The fraction of sp³-hybridized carbons (Fsp3) is 0.333. The van der Waals surface area contributed by atoms with Crippen LogP contribution in [0.1, 0.15) is 40.9 Å². The van der Waals surface area contributed by atoms with E-state index < -0.39 is 0 Å². The SMILES string of the molecule is COc1ccc(C(=O)N2CCC[C@H]2CCc2cc3ccc(C#N)cc3n2C)cc1. The van der Waals surface area contributed by atoms with Crippen molar-refractivity contribution in [3.63, 3.8) is 0 Å². The molecule has 2 aromatic carbocycles. The van der Waals surface area contributed by atoms with E-state index in [0.717, 1.165) is 48.9 Å². The highest BCUT2D eigenvalue weighted by molar-refractivity contribution is 5.94. The Hall–Kier alpha value is -3.26. The minimum Gasteiger partial charge on any atom is -0.497 e. The molecule has 1 aliphatic rings. The largest absolute Gasteiger partial charge is 0.497 e. The van der Waals surface area contributed by atoms with Crippen LogP contribution in [-0.2, 0) is 13.5 Å². The number of likely N-dealkylation sites (tertiary alicyclic amines) is 1. The summed E-state index contributed by atoms with van der Waals surface area (Å²) in [6.07, 6.45) is 3.94. The summed E-state index contributed by atoms with van der Waals surface area (Å²) < 4.78 is 7.36. The Morgan fingerprint density at radius 2 is 2.00 bits per heavy atom. The Labute approximate surface area is 171 Å². The first kappa shape index (κ1) is 19.1. The summed E-state index contributed by atoms with van der Waals surface area (Å²) in [5.41, 5.74) is 3.71. The van der Waals surface area contributed by atoms with Crippen LogP contribution in [0.2, 0.25) is 0 Å². The molecule has 4 rings (SSSR count). The summed E-state index contributed by atoms with van der Waals surface area (Å²) in [6.45, 7) is 0.816. The molecular weight excluding hydrogens is 362 g/mol. The lowest BCUT2D eigenvalue weighted by atomic mass is 10.1. The van der Waals surface area contributed by atoms with Gasteiger partial charge in [0.2, 0.25) is 0 Å². The first-order chi connectivity index (χ1) is 14.1. The molecular formula is C24H25N3O2. The minimum absolute atomic E-state index is 0.103. The molecule has 0 spiro atoms. The summed E-state index contributed by atoms with van der Waals surface area (Å²) in [7, 11) is 3.68. The van der Waals surface area contributed by atoms with Crippen molar-refractivity contribution in [2.75, 3.05) is 13.7 Å². The van der Waals surface area contributed by atoms with Gasteiger partial charge in [0, 0.05) is 36.4 Å². The molecule has 1 aromatic heterocycles. The topological polar surface area (TPSA) is 58.3 Å². The lowest BCUT2D eigenvalue weighted by Crippen LogP contribution is -2.35. The maximum atomic E-state index is 13.0. The first-order valence-corrected chi connectivity index (χ1v) is 10.0. The Bertz CT molecular complexity index is 1080. The van der Waals surface area contributed by atoms with Gasteiger partial charge in [-0.3, -0.25) is 4.79 Å².